The molecule has 0 atom stereocenters. The van der Waals surface area contributed by atoms with E-state index in [2.05, 4.69) is 25.9 Å². The molecule has 1 heterocycles. The average Bonchev–Trinajstić information content (AvgIpc) is 2.40. The molecule has 0 aliphatic rings. The van der Waals surface area contributed by atoms with E-state index in [9.17, 15) is 17.6 Å². The van der Waals surface area contributed by atoms with Crippen molar-refractivity contribution >= 4 is 21.7 Å². The van der Waals surface area contributed by atoms with Gasteiger partial charge in [-0.05, 0) is 34.1 Å². The monoisotopic (exact) mass is 366 g/mol. The number of aromatic nitrogens is 2. The molecule has 0 bridgehead atoms. The van der Waals surface area contributed by atoms with Crippen LogP contribution in [-0.4, -0.2) is 9.97 Å². The molecular formula is C11H7BrF4N4O. The Labute approximate surface area is 124 Å². The summed E-state index contributed by atoms with van der Waals surface area (Å²) in [6, 6.07) is 4.51. The summed E-state index contributed by atoms with van der Waals surface area (Å²) in [4.78, 5) is 6.42. The molecule has 0 unspecified atom stereocenters. The maximum absolute atomic E-state index is 12.9. The quantitative estimate of drug-likeness (QED) is 0.494. The van der Waals surface area contributed by atoms with Crippen LogP contribution in [0.3, 0.4) is 0 Å². The zero-order valence-electron chi connectivity index (χ0n) is 10.1. The molecule has 0 aliphatic carbocycles. The van der Waals surface area contributed by atoms with Crippen molar-refractivity contribution in [3.05, 3.63) is 40.4 Å². The largest absolute Gasteiger partial charge is 0.451 e. The lowest BCUT2D eigenvalue weighted by atomic mass is 10.3. The number of rotatable bonds is 3. The molecule has 0 aliphatic heterocycles. The van der Waals surface area contributed by atoms with Crippen molar-refractivity contribution in [2.24, 2.45) is 5.84 Å². The third-order valence-electron chi connectivity index (χ3n) is 2.21. The van der Waals surface area contributed by atoms with Gasteiger partial charge in [-0.25, -0.2) is 15.2 Å². The smallest absolute Gasteiger partial charge is 0.438 e. The minimum Gasteiger partial charge on any atom is -0.438 e. The van der Waals surface area contributed by atoms with E-state index in [0.29, 0.717) is 0 Å². The summed E-state index contributed by atoms with van der Waals surface area (Å²) in [5.41, 5.74) is 1.99. The Balaban J connectivity index is 2.39. The fourth-order valence-electron chi connectivity index (χ4n) is 1.35. The Morgan fingerprint density at radius 3 is 2.48 bits per heavy atom. The number of ether oxygens (including phenoxy) is 1. The first-order valence-corrected chi connectivity index (χ1v) is 6.14. The second-order valence-corrected chi connectivity index (χ2v) is 4.59. The fraction of sp³-hybridized carbons (Fsp3) is 0.0909. The number of nitrogens with one attached hydrogen (secondary N) is 1. The SMILES string of the molecule is NNc1cc(Oc2ccc(F)cc2Br)nc(C(F)(F)F)n1. The predicted octanol–water partition coefficient (Wildman–Crippen LogP) is 3.47. The Morgan fingerprint density at radius 2 is 1.90 bits per heavy atom. The number of benzene rings is 1. The third-order valence-corrected chi connectivity index (χ3v) is 2.83. The number of nitrogens with zero attached hydrogens (tertiary/aromatic N) is 2. The van der Waals surface area contributed by atoms with Crippen molar-refractivity contribution in [3.63, 3.8) is 0 Å². The van der Waals surface area contributed by atoms with Crippen molar-refractivity contribution in [2.75, 3.05) is 5.43 Å². The van der Waals surface area contributed by atoms with Crippen LogP contribution in [0.15, 0.2) is 28.7 Å². The molecule has 5 nitrogen and oxygen atoms in total. The highest BCUT2D eigenvalue weighted by atomic mass is 79.9. The van der Waals surface area contributed by atoms with Crippen molar-refractivity contribution in [3.8, 4) is 11.6 Å². The van der Waals surface area contributed by atoms with E-state index in [1.165, 1.54) is 6.07 Å². The van der Waals surface area contributed by atoms with Crippen LogP contribution >= 0.6 is 15.9 Å². The van der Waals surface area contributed by atoms with E-state index in [1.54, 1.807) is 0 Å². The third kappa shape index (κ3) is 3.79. The Morgan fingerprint density at radius 1 is 1.19 bits per heavy atom. The second kappa shape index (κ2) is 5.82. The Hall–Kier alpha value is -1.94. The van der Waals surface area contributed by atoms with Gasteiger partial charge in [-0.15, -0.1) is 0 Å². The molecule has 10 heteroatoms. The molecule has 2 rings (SSSR count). The number of anilines is 1. The van der Waals surface area contributed by atoms with E-state index in [0.717, 1.165) is 18.2 Å². The maximum Gasteiger partial charge on any atom is 0.451 e. The van der Waals surface area contributed by atoms with Crippen LogP contribution in [0.5, 0.6) is 11.6 Å². The highest BCUT2D eigenvalue weighted by molar-refractivity contribution is 9.10. The predicted molar refractivity (Wildman–Crippen MR) is 69.0 cm³/mol. The summed E-state index contributed by atoms with van der Waals surface area (Å²) < 4.78 is 56.3. The van der Waals surface area contributed by atoms with E-state index in [-0.39, 0.29) is 16.0 Å². The van der Waals surface area contributed by atoms with Gasteiger partial charge in [0.05, 0.1) is 4.47 Å². The van der Waals surface area contributed by atoms with Gasteiger partial charge in [0.1, 0.15) is 17.4 Å². The number of hydrogen-bond acceptors (Lipinski definition) is 5. The lowest BCUT2D eigenvalue weighted by Crippen LogP contribution is -2.16. The minimum absolute atomic E-state index is 0.0891. The van der Waals surface area contributed by atoms with Crippen molar-refractivity contribution in [2.45, 2.75) is 6.18 Å². The zero-order chi connectivity index (χ0) is 15.6. The molecule has 21 heavy (non-hydrogen) atoms. The zero-order valence-corrected chi connectivity index (χ0v) is 11.7. The van der Waals surface area contributed by atoms with Gasteiger partial charge in [0.15, 0.2) is 0 Å². The van der Waals surface area contributed by atoms with Crippen LogP contribution in [0.4, 0.5) is 23.4 Å². The molecule has 0 spiro atoms. The summed E-state index contributed by atoms with van der Waals surface area (Å²) in [6.07, 6.45) is -4.76. The summed E-state index contributed by atoms with van der Waals surface area (Å²) in [6.45, 7) is 0. The number of alkyl halides is 3. The van der Waals surface area contributed by atoms with Gasteiger partial charge in [-0.1, -0.05) is 0 Å². The molecule has 1 aromatic heterocycles. The van der Waals surface area contributed by atoms with Gasteiger partial charge in [0, 0.05) is 6.07 Å². The standard InChI is InChI=1S/C11H7BrF4N4O/c12-6-3-5(13)1-2-7(6)21-9-4-8(20-17)18-10(19-9)11(14,15)16/h1-4H,17H2,(H,18,19,20). The molecule has 0 fully saturated rings. The molecule has 3 N–H and O–H groups in total. The summed E-state index contributed by atoms with van der Waals surface area (Å²) >= 11 is 3.03. The first kappa shape index (κ1) is 15.4. The second-order valence-electron chi connectivity index (χ2n) is 3.73. The van der Waals surface area contributed by atoms with Crippen molar-refractivity contribution < 1.29 is 22.3 Å². The highest BCUT2D eigenvalue weighted by Crippen LogP contribution is 2.33. The number of nitrogens with two attached hydrogens (primary N) is 1. The highest BCUT2D eigenvalue weighted by Gasteiger charge is 2.35. The Kier molecular flexibility index (Phi) is 4.28. The van der Waals surface area contributed by atoms with Gasteiger partial charge in [0.2, 0.25) is 11.7 Å². The van der Waals surface area contributed by atoms with Gasteiger partial charge in [0.25, 0.3) is 0 Å². The van der Waals surface area contributed by atoms with E-state index in [1.807, 2.05) is 5.43 Å². The van der Waals surface area contributed by atoms with Crippen LogP contribution in [0.1, 0.15) is 5.82 Å². The molecule has 1 aromatic carbocycles. The molecule has 112 valence electrons. The molecule has 0 saturated heterocycles. The van der Waals surface area contributed by atoms with Crippen LogP contribution in [0.25, 0.3) is 0 Å². The lowest BCUT2D eigenvalue weighted by molar-refractivity contribution is -0.145. The minimum atomic E-state index is -4.76. The number of hydrazine groups is 1. The Bertz CT molecular complexity index is 665. The van der Waals surface area contributed by atoms with Crippen LogP contribution in [0, 0.1) is 5.82 Å². The maximum atomic E-state index is 12.9. The van der Waals surface area contributed by atoms with Gasteiger partial charge < -0.3 is 10.2 Å². The van der Waals surface area contributed by atoms with E-state index in [4.69, 9.17) is 10.6 Å². The fourth-order valence-corrected chi connectivity index (χ4v) is 1.78. The van der Waals surface area contributed by atoms with Crippen LogP contribution in [0.2, 0.25) is 0 Å². The lowest BCUT2D eigenvalue weighted by Gasteiger charge is -2.11. The van der Waals surface area contributed by atoms with Gasteiger partial charge in [-0.2, -0.15) is 18.2 Å². The number of nitrogen functional groups attached to an aromatic ring is 1. The first-order chi connectivity index (χ1) is 9.79. The summed E-state index contributed by atoms with van der Waals surface area (Å²) in [5, 5.41) is 0. The van der Waals surface area contributed by atoms with Crippen LogP contribution in [-0.2, 0) is 6.18 Å². The molecule has 0 radical (unpaired) electrons. The summed E-state index contributed by atoms with van der Waals surface area (Å²) in [5.74, 6) is 2.54. The molecular weight excluding hydrogens is 360 g/mol. The van der Waals surface area contributed by atoms with Gasteiger partial charge >= 0.3 is 6.18 Å². The van der Waals surface area contributed by atoms with Crippen molar-refractivity contribution in [1.29, 1.82) is 0 Å². The van der Waals surface area contributed by atoms with E-state index >= 15 is 0 Å². The molecule has 0 saturated carbocycles. The molecule has 2 aromatic rings. The van der Waals surface area contributed by atoms with Crippen LogP contribution < -0.4 is 16.0 Å². The van der Waals surface area contributed by atoms with Gasteiger partial charge in [-0.3, -0.25) is 0 Å². The number of halogens is 5. The van der Waals surface area contributed by atoms with Crippen molar-refractivity contribution in [1.82, 2.24) is 9.97 Å². The first-order valence-electron chi connectivity index (χ1n) is 5.35. The average molecular weight is 367 g/mol. The summed E-state index contributed by atoms with van der Waals surface area (Å²) in [7, 11) is 0. The topological polar surface area (TPSA) is 73.1 Å². The normalized spacial score (nSPS) is 11.3. The molecule has 0 amide bonds. The van der Waals surface area contributed by atoms with E-state index < -0.39 is 23.7 Å². The number of hydrogen-bond donors (Lipinski definition) is 2.